The number of carbonyl (C=O) groups is 1. The summed E-state index contributed by atoms with van der Waals surface area (Å²) in [4.78, 5) is 14.6. The first-order chi connectivity index (χ1) is 8.65. The van der Waals surface area contributed by atoms with Crippen LogP contribution in [0.2, 0.25) is 0 Å². The minimum atomic E-state index is -0.281. The van der Waals surface area contributed by atoms with Gasteiger partial charge < -0.3 is 10.2 Å². The van der Waals surface area contributed by atoms with Crippen molar-refractivity contribution in [3.05, 3.63) is 35.9 Å². The van der Waals surface area contributed by atoms with Crippen molar-refractivity contribution < 1.29 is 4.79 Å². The van der Waals surface area contributed by atoms with E-state index in [0.29, 0.717) is 12.3 Å². The second kappa shape index (κ2) is 5.63. The molecule has 1 aliphatic rings. The first-order valence-electron chi connectivity index (χ1n) is 6.59. The van der Waals surface area contributed by atoms with Crippen LogP contribution in [0.15, 0.2) is 30.3 Å². The van der Waals surface area contributed by atoms with E-state index in [1.807, 2.05) is 37.2 Å². The summed E-state index contributed by atoms with van der Waals surface area (Å²) in [6, 6.07) is 10.3. The molecule has 0 spiro atoms. The molecule has 0 unspecified atom stereocenters. The Hall–Kier alpha value is -1.19. The molecule has 1 aliphatic heterocycles. The van der Waals surface area contributed by atoms with Gasteiger partial charge in [-0.25, -0.2) is 0 Å². The zero-order chi connectivity index (χ0) is 13.0. The van der Waals surface area contributed by atoms with E-state index in [4.69, 9.17) is 0 Å². The second-order valence-corrected chi connectivity index (χ2v) is 5.36. The van der Waals surface area contributed by atoms with Crippen molar-refractivity contribution in [3.8, 4) is 0 Å². The van der Waals surface area contributed by atoms with Crippen LogP contribution in [0.5, 0.6) is 0 Å². The molecule has 1 N–H and O–H groups in total. The molecule has 0 radical (unpaired) electrons. The molecule has 0 atom stereocenters. The van der Waals surface area contributed by atoms with Gasteiger partial charge in [0, 0.05) is 0 Å². The standard InChI is InChI=1S/C15H22N2O/c1-17(2)12-14(18)15(8-10-16-11-9-15)13-6-4-3-5-7-13/h3-7,16H,8-12H2,1-2H3. The first kappa shape index (κ1) is 13.2. The smallest absolute Gasteiger partial charge is 0.157 e. The molecule has 0 aromatic heterocycles. The number of carbonyl (C=O) groups excluding carboxylic acids is 1. The molecule has 1 fully saturated rings. The lowest BCUT2D eigenvalue weighted by molar-refractivity contribution is -0.126. The Balaban J connectivity index is 2.31. The Bertz CT molecular complexity index is 394. The van der Waals surface area contributed by atoms with Crippen molar-refractivity contribution in [2.45, 2.75) is 18.3 Å². The van der Waals surface area contributed by atoms with Gasteiger partial charge >= 0.3 is 0 Å². The predicted molar refractivity (Wildman–Crippen MR) is 73.8 cm³/mol. The van der Waals surface area contributed by atoms with Crippen LogP contribution in [0.25, 0.3) is 0 Å². The van der Waals surface area contributed by atoms with E-state index in [2.05, 4.69) is 17.4 Å². The Morgan fingerprint density at radius 3 is 2.39 bits per heavy atom. The van der Waals surface area contributed by atoms with Crippen LogP contribution in [0.1, 0.15) is 18.4 Å². The largest absolute Gasteiger partial charge is 0.317 e. The van der Waals surface area contributed by atoms with Crippen molar-refractivity contribution in [2.75, 3.05) is 33.7 Å². The molecule has 98 valence electrons. The lowest BCUT2D eigenvalue weighted by atomic mass is 9.70. The minimum Gasteiger partial charge on any atom is -0.317 e. The third kappa shape index (κ3) is 2.62. The van der Waals surface area contributed by atoms with Crippen LogP contribution in [-0.4, -0.2) is 44.4 Å². The van der Waals surface area contributed by atoms with Gasteiger partial charge in [-0.2, -0.15) is 0 Å². The van der Waals surface area contributed by atoms with E-state index in [1.54, 1.807) is 0 Å². The van der Waals surface area contributed by atoms with E-state index >= 15 is 0 Å². The van der Waals surface area contributed by atoms with Gasteiger partial charge in [-0.1, -0.05) is 30.3 Å². The molecule has 0 bridgehead atoms. The summed E-state index contributed by atoms with van der Waals surface area (Å²) in [6.07, 6.45) is 1.81. The van der Waals surface area contributed by atoms with E-state index in [9.17, 15) is 4.79 Å². The van der Waals surface area contributed by atoms with Crippen LogP contribution in [0.3, 0.4) is 0 Å². The van der Waals surface area contributed by atoms with Crippen molar-refractivity contribution >= 4 is 5.78 Å². The third-order valence-electron chi connectivity index (χ3n) is 3.78. The number of likely N-dealkylation sites (N-methyl/N-ethyl adjacent to an activating group) is 1. The molecule has 1 saturated heterocycles. The first-order valence-corrected chi connectivity index (χ1v) is 6.59. The molecule has 3 heteroatoms. The molecule has 1 aromatic rings. The molecule has 3 nitrogen and oxygen atoms in total. The Morgan fingerprint density at radius 1 is 1.22 bits per heavy atom. The molecular weight excluding hydrogens is 224 g/mol. The molecule has 1 heterocycles. The lowest BCUT2D eigenvalue weighted by Crippen LogP contribution is -2.48. The number of piperidine rings is 1. The highest BCUT2D eigenvalue weighted by Crippen LogP contribution is 2.34. The summed E-state index contributed by atoms with van der Waals surface area (Å²) in [5, 5.41) is 3.35. The fourth-order valence-electron chi connectivity index (χ4n) is 2.78. The lowest BCUT2D eigenvalue weighted by Gasteiger charge is -2.37. The summed E-state index contributed by atoms with van der Waals surface area (Å²) in [5.74, 6) is 0.347. The van der Waals surface area contributed by atoms with Gasteiger partial charge in [-0.15, -0.1) is 0 Å². The normalized spacial score (nSPS) is 18.8. The highest BCUT2D eigenvalue weighted by Gasteiger charge is 2.40. The number of hydrogen-bond acceptors (Lipinski definition) is 3. The fourth-order valence-corrected chi connectivity index (χ4v) is 2.78. The SMILES string of the molecule is CN(C)CC(=O)C1(c2ccccc2)CCNCC1. The maximum Gasteiger partial charge on any atom is 0.157 e. The molecule has 0 saturated carbocycles. The number of ketones is 1. The highest BCUT2D eigenvalue weighted by molar-refractivity contribution is 5.92. The fraction of sp³-hybridized carbons (Fsp3) is 0.533. The van der Waals surface area contributed by atoms with E-state index in [1.165, 1.54) is 5.56 Å². The number of rotatable bonds is 4. The summed E-state index contributed by atoms with van der Waals surface area (Å²) in [6.45, 7) is 2.37. The van der Waals surface area contributed by atoms with Gasteiger partial charge in [0.05, 0.1) is 12.0 Å². The predicted octanol–water partition coefficient (Wildman–Crippen LogP) is 1.44. The van der Waals surface area contributed by atoms with Crippen molar-refractivity contribution in [1.29, 1.82) is 0 Å². The summed E-state index contributed by atoms with van der Waals surface area (Å²) < 4.78 is 0. The quantitative estimate of drug-likeness (QED) is 0.872. The molecule has 2 rings (SSSR count). The van der Waals surface area contributed by atoms with Crippen molar-refractivity contribution in [1.82, 2.24) is 10.2 Å². The van der Waals surface area contributed by atoms with Crippen LogP contribution < -0.4 is 5.32 Å². The Kier molecular flexibility index (Phi) is 4.15. The summed E-state index contributed by atoms with van der Waals surface area (Å²) in [5.41, 5.74) is 0.898. The maximum absolute atomic E-state index is 12.7. The topological polar surface area (TPSA) is 32.3 Å². The number of benzene rings is 1. The van der Waals surface area contributed by atoms with Gasteiger partial charge in [0.2, 0.25) is 0 Å². The zero-order valence-corrected chi connectivity index (χ0v) is 11.3. The van der Waals surface area contributed by atoms with Crippen molar-refractivity contribution in [3.63, 3.8) is 0 Å². The third-order valence-corrected chi connectivity index (χ3v) is 3.78. The second-order valence-electron chi connectivity index (χ2n) is 5.36. The van der Waals surface area contributed by atoms with Crippen LogP contribution in [-0.2, 0) is 10.2 Å². The van der Waals surface area contributed by atoms with E-state index < -0.39 is 0 Å². The summed E-state index contributed by atoms with van der Waals surface area (Å²) in [7, 11) is 3.91. The Labute approximate surface area is 109 Å². The van der Waals surface area contributed by atoms with Crippen LogP contribution in [0.4, 0.5) is 0 Å². The molecular formula is C15H22N2O. The zero-order valence-electron chi connectivity index (χ0n) is 11.3. The van der Waals surface area contributed by atoms with Crippen LogP contribution in [0, 0.1) is 0 Å². The highest BCUT2D eigenvalue weighted by atomic mass is 16.1. The molecule has 18 heavy (non-hydrogen) atoms. The number of Topliss-reactive ketones (excluding diaryl/α,β-unsaturated/α-hetero) is 1. The average molecular weight is 246 g/mol. The van der Waals surface area contributed by atoms with Gasteiger partial charge in [-0.3, -0.25) is 4.79 Å². The monoisotopic (exact) mass is 246 g/mol. The minimum absolute atomic E-state index is 0.281. The van der Waals surface area contributed by atoms with Crippen LogP contribution >= 0.6 is 0 Å². The maximum atomic E-state index is 12.7. The number of nitrogens with one attached hydrogen (secondary N) is 1. The number of hydrogen-bond donors (Lipinski definition) is 1. The van der Waals surface area contributed by atoms with Crippen molar-refractivity contribution in [2.24, 2.45) is 0 Å². The van der Waals surface area contributed by atoms with Gasteiger partial charge in [0.1, 0.15) is 0 Å². The summed E-state index contributed by atoms with van der Waals surface area (Å²) >= 11 is 0. The number of nitrogens with zero attached hydrogens (tertiary/aromatic N) is 1. The molecule has 0 aliphatic carbocycles. The van der Waals surface area contributed by atoms with E-state index in [0.717, 1.165) is 25.9 Å². The van der Waals surface area contributed by atoms with Gasteiger partial charge in [0.25, 0.3) is 0 Å². The average Bonchev–Trinajstić information content (AvgIpc) is 2.40. The van der Waals surface area contributed by atoms with E-state index in [-0.39, 0.29) is 5.41 Å². The van der Waals surface area contributed by atoms with Gasteiger partial charge in [0.15, 0.2) is 5.78 Å². The Morgan fingerprint density at radius 2 is 1.83 bits per heavy atom. The molecule has 0 amide bonds. The van der Waals surface area contributed by atoms with Gasteiger partial charge in [-0.05, 0) is 45.6 Å². The molecule has 1 aromatic carbocycles.